The molecule has 1 N–H and O–H groups in total. The van der Waals surface area contributed by atoms with Crippen LogP contribution in [0.1, 0.15) is 42.5 Å². The maximum Gasteiger partial charge on any atom is 0.328 e. The van der Waals surface area contributed by atoms with E-state index in [0.29, 0.717) is 45.4 Å². The summed E-state index contributed by atoms with van der Waals surface area (Å²) in [6.45, 7) is 1.71. The third-order valence-corrected chi connectivity index (χ3v) is 7.09. The molecule has 1 saturated heterocycles. The number of hydrogen-bond donors (Lipinski definition) is 1. The molecule has 9 nitrogen and oxygen atoms in total. The van der Waals surface area contributed by atoms with E-state index < -0.39 is 12.0 Å². The topological polar surface area (TPSA) is 111 Å². The summed E-state index contributed by atoms with van der Waals surface area (Å²) in [5.74, 6) is 0.302. The normalized spacial score (nSPS) is 14.3. The number of nitrogens with one attached hydrogen (secondary N) is 1. The van der Waals surface area contributed by atoms with Crippen LogP contribution in [0.25, 0.3) is 0 Å². The Labute approximate surface area is 234 Å². The zero-order valence-electron chi connectivity index (χ0n) is 22.8. The molecule has 2 heterocycles. The Bertz CT molecular complexity index is 1230. The predicted octanol–water partition coefficient (Wildman–Crippen LogP) is 3.52. The average molecular weight is 545 g/mol. The highest BCUT2D eigenvalue weighted by Gasteiger charge is 2.27. The predicted molar refractivity (Wildman–Crippen MR) is 149 cm³/mol. The monoisotopic (exact) mass is 544 g/mol. The van der Waals surface area contributed by atoms with Crippen LogP contribution in [-0.2, 0) is 38.6 Å². The molecule has 1 atom stereocenters. The largest absolute Gasteiger partial charge is 0.489 e. The Morgan fingerprint density at radius 1 is 1.00 bits per heavy atom. The first kappa shape index (κ1) is 28.7. The molecule has 40 heavy (non-hydrogen) atoms. The lowest BCUT2D eigenvalue weighted by Gasteiger charge is -2.32. The minimum absolute atomic E-state index is 0.0933. The Hall–Kier alpha value is -4.27. The standard InChI is InChI=1S/C31H36N4O5/c1-39-31(38)28(19-23-7-10-27(11-8-23)40-22-25-5-3-2-4-6-25)34-29(36)20-24-13-17-35(18-14-24)30(37)12-9-26-21-32-15-16-33-26/h2-8,10-11,15-16,21,24,28H,9,12-14,17-20,22H2,1H3,(H,34,36). The molecule has 1 aromatic heterocycles. The number of hydrogen-bond acceptors (Lipinski definition) is 7. The summed E-state index contributed by atoms with van der Waals surface area (Å²) in [6.07, 6.45) is 7.99. The molecular weight excluding hydrogens is 508 g/mol. The number of aryl methyl sites for hydroxylation is 1. The molecule has 1 aliphatic heterocycles. The van der Waals surface area contributed by atoms with Crippen molar-refractivity contribution in [1.82, 2.24) is 20.2 Å². The minimum atomic E-state index is -0.781. The molecule has 0 bridgehead atoms. The fourth-order valence-corrected chi connectivity index (χ4v) is 4.79. The fraction of sp³-hybridized carbons (Fsp3) is 0.387. The lowest BCUT2D eigenvalue weighted by molar-refractivity contribution is -0.145. The lowest BCUT2D eigenvalue weighted by Crippen LogP contribution is -2.44. The minimum Gasteiger partial charge on any atom is -0.489 e. The van der Waals surface area contributed by atoms with Gasteiger partial charge in [-0.1, -0.05) is 42.5 Å². The molecule has 2 aromatic carbocycles. The first-order chi connectivity index (χ1) is 19.5. The van der Waals surface area contributed by atoms with Crippen LogP contribution in [0.15, 0.2) is 73.2 Å². The third-order valence-electron chi connectivity index (χ3n) is 7.09. The maximum absolute atomic E-state index is 12.8. The van der Waals surface area contributed by atoms with Crippen molar-refractivity contribution in [1.29, 1.82) is 0 Å². The second kappa shape index (κ2) is 14.8. The Balaban J connectivity index is 1.21. The van der Waals surface area contributed by atoms with Gasteiger partial charge in [0.15, 0.2) is 0 Å². The molecule has 0 spiro atoms. The number of esters is 1. The van der Waals surface area contributed by atoms with Crippen LogP contribution in [0.2, 0.25) is 0 Å². The molecule has 0 radical (unpaired) electrons. The van der Waals surface area contributed by atoms with Crippen molar-refractivity contribution in [3.63, 3.8) is 0 Å². The first-order valence-electron chi connectivity index (χ1n) is 13.7. The number of rotatable bonds is 12. The SMILES string of the molecule is COC(=O)C(Cc1ccc(OCc2ccccc2)cc1)NC(=O)CC1CCN(C(=O)CCc2cnccn2)CC1. The molecular formula is C31H36N4O5. The zero-order valence-corrected chi connectivity index (χ0v) is 22.8. The number of benzene rings is 2. The summed E-state index contributed by atoms with van der Waals surface area (Å²) in [6, 6.07) is 16.6. The van der Waals surface area contributed by atoms with Gasteiger partial charge in [0.25, 0.3) is 0 Å². The number of methoxy groups -OCH3 is 1. The van der Waals surface area contributed by atoms with Gasteiger partial charge in [-0.25, -0.2) is 4.79 Å². The van der Waals surface area contributed by atoms with Crippen LogP contribution in [-0.4, -0.2) is 58.9 Å². The van der Waals surface area contributed by atoms with Gasteiger partial charge >= 0.3 is 5.97 Å². The average Bonchev–Trinajstić information content (AvgIpc) is 3.00. The van der Waals surface area contributed by atoms with Crippen LogP contribution in [0.3, 0.4) is 0 Å². The van der Waals surface area contributed by atoms with Crippen LogP contribution in [0.5, 0.6) is 5.75 Å². The van der Waals surface area contributed by atoms with Gasteiger partial charge in [-0.2, -0.15) is 0 Å². The highest BCUT2D eigenvalue weighted by molar-refractivity contribution is 5.84. The van der Waals surface area contributed by atoms with E-state index in [1.807, 2.05) is 59.5 Å². The van der Waals surface area contributed by atoms with Crippen LogP contribution < -0.4 is 10.1 Å². The molecule has 4 rings (SSSR count). The highest BCUT2D eigenvalue weighted by Crippen LogP contribution is 2.22. The second-order valence-electron chi connectivity index (χ2n) is 9.99. The van der Waals surface area contributed by atoms with Gasteiger partial charge in [0, 0.05) is 50.9 Å². The van der Waals surface area contributed by atoms with E-state index in [2.05, 4.69) is 15.3 Å². The van der Waals surface area contributed by atoms with Crippen LogP contribution in [0, 0.1) is 5.92 Å². The van der Waals surface area contributed by atoms with Gasteiger partial charge in [0.2, 0.25) is 11.8 Å². The Morgan fingerprint density at radius 3 is 2.42 bits per heavy atom. The van der Waals surface area contributed by atoms with E-state index in [1.54, 1.807) is 18.6 Å². The van der Waals surface area contributed by atoms with E-state index in [9.17, 15) is 14.4 Å². The molecule has 1 aliphatic rings. The van der Waals surface area contributed by atoms with Crippen molar-refractivity contribution in [3.8, 4) is 5.75 Å². The van der Waals surface area contributed by atoms with E-state index in [0.717, 1.165) is 35.4 Å². The number of aromatic nitrogens is 2. The van der Waals surface area contributed by atoms with Gasteiger partial charge < -0.3 is 19.7 Å². The van der Waals surface area contributed by atoms with Crippen molar-refractivity contribution in [2.45, 2.75) is 51.2 Å². The van der Waals surface area contributed by atoms with Gasteiger partial charge in [-0.3, -0.25) is 19.6 Å². The second-order valence-corrected chi connectivity index (χ2v) is 9.99. The van der Waals surface area contributed by atoms with Crippen molar-refractivity contribution in [2.75, 3.05) is 20.2 Å². The number of carbonyl (C=O) groups excluding carboxylic acids is 3. The van der Waals surface area contributed by atoms with E-state index in [4.69, 9.17) is 9.47 Å². The molecule has 3 aromatic rings. The summed E-state index contributed by atoms with van der Waals surface area (Å²) in [5, 5.41) is 2.86. The van der Waals surface area contributed by atoms with E-state index >= 15 is 0 Å². The first-order valence-corrected chi connectivity index (χ1v) is 13.7. The van der Waals surface area contributed by atoms with E-state index in [1.165, 1.54) is 7.11 Å². The molecule has 1 unspecified atom stereocenters. The van der Waals surface area contributed by atoms with E-state index in [-0.39, 0.29) is 17.7 Å². The number of piperidine rings is 1. The molecule has 0 saturated carbocycles. The summed E-state index contributed by atoms with van der Waals surface area (Å²) in [5.41, 5.74) is 2.77. The van der Waals surface area contributed by atoms with Crippen molar-refractivity contribution >= 4 is 17.8 Å². The van der Waals surface area contributed by atoms with Gasteiger partial charge in [-0.15, -0.1) is 0 Å². The van der Waals surface area contributed by atoms with Crippen molar-refractivity contribution in [3.05, 3.63) is 90.0 Å². The van der Waals surface area contributed by atoms with Crippen molar-refractivity contribution < 1.29 is 23.9 Å². The fourth-order valence-electron chi connectivity index (χ4n) is 4.79. The lowest BCUT2D eigenvalue weighted by atomic mass is 9.92. The molecule has 0 aliphatic carbocycles. The Kier molecular flexibility index (Phi) is 10.6. The quantitative estimate of drug-likeness (QED) is 0.348. The van der Waals surface area contributed by atoms with Crippen molar-refractivity contribution in [2.24, 2.45) is 5.92 Å². The molecule has 1 fully saturated rings. The number of nitrogens with zero attached hydrogens (tertiary/aromatic N) is 3. The highest BCUT2D eigenvalue weighted by atomic mass is 16.5. The van der Waals surface area contributed by atoms with Gasteiger partial charge in [-0.05, 0) is 48.4 Å². The number of carbonyl (C=O) groups is 3. The number of amides is 2. The summed E-state index contributed by atoms with van der Waals surface area (Å²) < 4.78 is 10.8. The zero-order chi connectivity index (χ0) is 28.2. The summed E-state index contributed by atoms with van der Waals surface area (Å²) in [4.78, 5) is 48.0. The smallest absolute Gasteiger partial charge is 0.328 e. The maximum atomic E-state index is 12.8. The molecule has 9 heteroatoms. The van der Waals surface area contributed by atoms with Crippen LogP contribution >= 0.6 is 0 Å². The number of ether oxygens (including phenoxy) is 2. The summed E-state index contributed by atoms with van der Waals surface area (Å²) >= 11 is 0. The third kappa shape index (κ3) is 8.90. The van der Waals surface area contributed by atoms with Gasteiger partial charge in [0.1, 0.15) is 18.4 Å². The molecule has 210 valence electrons. The molecule has 2 amide bonds. The van der Waals surface area contributed by atoms with Crippen LogP contribution in [0.4, 0.5) is 0 Å². The summed E-state index contributed by atoms with van der Waals surface area (Å²) in [7, 11) is 1.32. The number of likely N-dealkylation sites (tertiary alicyclic amines) is 1. The Morgan fingerprint density at radius 2 is 1.75 bits per heavy atom. The van der Waals surface area contributed by atoms with Gasteiger partial charge in [0.05, 0.1) is 12.8 Å².